The van der Waals surface area contributed by atoms with E-state index < -0.39 is 5.60 Å². The maximum absolute atomic E-state index is 10.0. The predicted molar refractivity (Wildman–Crippen MR) is 48.1 cm³/mol. The minimum absolute atomic E-state index is 0.515. The second-order valence-electron chi connectivity index (χ2n) is 3.97. The summed E-state index contributed by atoms with van der Waals surface area (Å²) in [6.45, 7) is 1.38. The summed E-state index contributed by atoms with van der Waals surface area (Å²) in [5.74, 6) is 0. The highest BCUT2D eigenvalue weighted by molar-refractivity contribution is 5.42. The van der Waals surface area contributed by atoms with E-state index in [-0.39, 0.29) is 0 Å². The summed E-state index contributed by atoms with van der Waals surface area (Å²) in [7, 11) is 0. The Balaban J connectivity index is 2.15. The molecule has 0 unspecified atom stereocenters. The van der Waals surface area contributed by atoms with Crippen molar-refractivity contribution in [2.24, 2.45) is 0 Å². The Labute approximate surface area is 77.2 Å². The van der Waals surface area contributed by atoms with Crippen LogP contribution in [0.3, 0.4) is 0 Å². The summed E-state index contributed by atoms with van der Waals surface area (Å²) in [4.78, 5) is 0. The van der Waals surface area contributed by atoms with Crippen molar-refractivity contribution in [1.29, 1.82) is 0 Å². The number of aliphatic hydroxyl groups is 1. The third-order valence-electron chi connectivity index (χ3n) is 3.00. The molecule has 0 atom stereocenters. The molecule has 1 aromatic rings. The summed E-state index contributed by atoms with van der Waals surface area (Å²) in [5.41, 5.74) is 3.06. The van der Waals surface area contributed by atoms with Gasteiger partial charge in [-0.2, -0.15) is 0 Å². The van der Waals surface area contributed by atoms with E-state index in [2.05, 4.69) is 6.07 Å². The lowest BCUT2D eigenvalue weighted by Gasteiger charge is -2.11. The van der Waals surface area contributed by atoms with E-state index in [1.807, 2.05) is 12.1 Å². The molecule has 0 aromatic heterocycles. The molecule has 0 radical (unpaired) electrons. The maximum atomic E-state index is 10.0. The van der Waals surface area contributed by atoms with Gasteiger partial charge in [0.2, 0.25) is 0 Å². The topological polar surface area (TPSA) is 29.5 Å². The quantitative estimate of drug-likeness (QED) is 0.705. The first kappa shape index (κ1) is 7.54. The van der Waals surface area contributed by atoms with Crippen molar-refractivity contribution < 1.29 is 9.84 Å². The molecule has 0 bridgehead atoms. The molecule has 1 fully saturated rings. The molecule has 1 aromatic carbocycles. The third-order valence-corrected chi connectivity index (χ3v) is 3.00. The molecule has 2 heteroatoms. The molecule has 13 heavy (non-hydrogen) atoms. The van der Waals surface area contributed by atoms with Gasteiger partial charge in [0.15, 0.2) is 0 Å². The van der Waals surface area contributed by atoms with Crippen molar-refractivity contribution in [1.82, 2.24) is 0 Å². The van der Waals surface area contributed by atoms with Crippen molar-refractivity contribution in [2.75, 3.05) is 0 Å². The molecule has 0 amide bonds. The third kappa shape index (κ3) is 1.02. The van der Waals surface area contributed by atoms with Gasteiger partial charge in [0.05, 0.1) is 18.8 Å². The first-order valence-electron chi connectivity index (χ1n) is 4.71. The first-order valence-corrected chi connectivity index (χ1v) is 4.71. The number of rotatable bonds is 1. The molecular formula is C11H12O2. The highest BCUT2D eigenvalue weighted by atomic mass is 16.5. The molecule has 2 aliphatic rings. The molecular weight excluding hydrogens is 164 g/mol. The Morgan fingerprint density at radius 1 is 1.23 bits per heavy atom. The summed E-state index contributed by atoms with van der Waals surface area (Å²) in [5, 5.41) is 10.0. The summed E-state index contributed by atoms with van der Waals surface area (Å²) < 4.78 is 5.37. The van der Waals surface area contributed by atoms with E-state index >= 15 is 0 Å². The lowest BCUT2D eigenvalue weighted by Crippen LogP contribution is -2.07. The smallest absolute Gasteiger partial charge is 0.0902 e. The lowest BCUT2D eigenvalue weighted by atomic mass is 9.98. The molecule has 0 spiro atoms. The Hall–Kier alpha value is -0.860. The van der Waals surface area contributed by atoms with Gasteiger partial charge in [-0.1, -0.05) is 18.2 Å². The van der Waals surface area contributed by atoms with E-state index in [1.165, 1.54) is 11.1 Å². The van der Waals surface area contributed by atoms with Crippen LogP contribution in [0.2, 0.25) is 0 Å². The molecule has 3 rings (SSSR count). The monoisotopic (exact) mass is 176 g/mol. The van der Waals surface area contributed by atoms with Crippen LogP contribution in [0.4, 0.5) is 0 Å². The van der Waals surface area contributed by atoms with Crippen LogP contribution in [0, 0.1) is 0 Å². The summed E-state index contributed by atoms with van der Waals surface area (Å²) in [6.07, 6.45) is 1.81. The SMILES string of the molecule is OC1(c2cccc3c2COC3)CC1. The van der Waals surface area contributed by atoms with Crippen molar-refractivity contribution in [3.63, 3.8) is 0 Å². The van der Waals surface area contributed by atoms with Gasteiger partial charge in [0.25, 0.3) is 0 Å². The first-order chi connectivity index (χ1) is 6.30. The zero-order chi connectivity index (χ0) is 8.89. The second kappa shape index (κ2) is 2.34. The van der Waals surface area contributed by atoms with Gasteiger partial charge in [-0.3, -0.25) is 0 Å². The average molecular weight is 176 g/mol. The van der Waals surface area contributed by atoms with E-state index in [4.69, 9.17) is 4.74 Å². The Morgan fingerprint density at radius 2 is 2.08 bits per heavy atom. The molecule has 1 aliphatic carbocycles. The molecule has 2 nitrogen and oxygen atoms in total. The maximum Gasteiger partial charge on any atom is 0.0902 e. The minimum atomic E-state index is -0.515. The Morgan fingerprint density at radius 3 is 2.85 bits per heavy atom. The molecule has 68 valence electrons. The standard InChI is InChI=1S/C11H12O2/c12-11(4-5-11)10-3-1-2-8-6-13-7-9(8)10/h1-3,12H,4-7H2. The predicted octanol–water partition coefficient (Wildman–Crippen LogP) is 1.70. The molecule has 1 N–H and O–H groups in total. The lowest BCUT2D eigenvalue weighted by molar-refractivity contribution is 0.127. The van der Waals surface area contributed by atoms with Crippen molar-refractivity contribution >= 4 is 0 Å². The summed E-state index contributed by atoms with van der Waals surface area (Å²) >= 11 is 0. The van der Waals surface area contributed by atoms with Crippen LogP contribution < -0.4 is 0 Å². The minimum Gasteiger partial charge on any atom is -0.385 e. The fraction of sp³-hybridized carbons (Fsp3) is 0.455. The van der Waals surface area contributed by atoms with Crippen molar-refractivity contribution in [3.8, 4) is 0 Å². The average Bonchev–Trinajstić information content (AvgIpc) is 2.72. The van der Waals surface area contributed by atoms with Crippen LogP contribution >= 0.6 is 0 Å². The van der Waals surface area contributed by atoms with Crippen LogP contribution in [0.5, 0.6) is 0 Å². The van der Waals surface area contributed by atoms with Gasteiger partial charge in [-0.05, 0) is 29.5 Å². The second-order valence-corrected chi connectivity index (χ2v) is 3.97. The van der Waals surface area contributed by atoms with Gasteiger partial charge in [0.1, 0.15) is 0 Å². The van der Waals surface area contributed by atoms with Crippen LogP contribution in [0.15, 0.2) is 18.2 Å². The number of benzene rings is 1. The van der Waals surface area contributed by atoms with E-state index in [0.717, 1.165) is 18.4 Å². The van der Waals surface area contributed by atoms with Crippen LogP contribution in [-0.2, 0) is 23.6 Å². The van der Waals surface area contributed by atoms with Gasteiger partial charge in [0, 0.05) is 0 Å². The zero-order valence-electron chi connectivity index (χ0n) is 7.42. The largest absolute Gasteiger partial charge is 0.385 e. The zero-order valence-corrected chi connectivity index (χ0v) is 7.42. The molecule has 1 heterocycles. The number of hydrogen-bond acceptors (Lipinski definition) is 2. The fourth-order valence-corrected chi connectivity index (χ4v) is 2.03. The normalized spacial score (nSPS) is 22.8. The van der Waals surface area contributed by atoms with Crippen LogP contribution in [0.25, 0.3) is 0 Å². The summed E-state index contributed by atoms with van der Waals surface area (Å²) in [6, 6.07) is 6.12. The van der Waals surface area contributed by atoms with E-state index in [0.29, 0.717) is 13.2 Å². The van der Waals surface area contributed by atoms with Gasteiger partial charge in [-0.25, -0.2) is 0 Å². The van der Waals surface area contributed by atoms with Gasteiger partial charge >= 0.3 is 0 Å². The Bertz CT molecular complexity index is 353. The van der Waals surface area contributed by atoms with E-state index in [1.54, 1.807) is 0 Å². The number of ether oxygens (including phenoxy) is 1. The van der Waals surface area contributed by atoms with Crippen molar-refractivity contribution in [3.05, 3.63) is 34.9 Å². The highest BCUT2D eigenvalue weighted by Gasteiger charge is 2.44. The molecule has 1 aliphatic heterocycles. The molecule has 0 saturated heterocycles. The highest BCUT2D eigenvalue weighted by Crippen LogP contribution is 2.47. The van der Waals surface area contributed by atoms with Gasteiger partial charge in [-0.15, -0.1) is 0 Å². The number of hydrogen-bond donors (Lipinski definition) is 1. The van der Waals surface area contributed by atoms with Gasteiger partial charge < -0.3 is 9.84 Å². The van der Waals surface area contributed by atoms with Crippen molar-refractivity contribution in [2.45, 2.75) is 31.7 Å². The fourth-order valence-electron chi connectivity index (χ4n) is 2.03. The van der Waals surface area contributed by atoms with Crippen LogP contribution in [0.1, 0.15) is 29.5 Å². The number of fused-ring (bicyclic) bond motifs is 1. The van der Waals surface area contributed by atoms with Crippen LogP contribution in [-0.4, -0.2) is 5.11 Å². The molecule has 1 saturated carbocycles. The van der Waals surface area contributed by atoms with E-state index in [9.17, 15) is 5.11 Å². The Kier molecular flexibility index (Phi) is 1.35.